The van der Waals surface area contributed by atoms with Gasteiger partial charge in [-0.2, -0.15) is 5.26 Å². The molecule has 0 fully saturated rings. The first-order chi connectivity index (χ1) is 10.7. The molecule has 0 atom stereocenters. The minimum absolute atomic E-state index is 0.0492. The van der Waals surface area contributed by atoms with Gasteiger partial charge < -0.3 is 10.1 Å². The van der Waals surface area contributed by atoms with Crippen molar-refractivity contribution in [3.8, 4) is 11.8 Å². The number of nitriles is 1. The summed E-state index contributed by atoms with van der Waals surface area (Å²) in [7, 11) is 0. The summed E-state index contributed by atoms with van der Waals surface area (Å²) in [5.41, 5.74) is 3.85. The predicted octanol–water partition coefficient (Wildman–Crippen LogP) is 2.87. The van der Waals surface area contributed by atoms with Crippen LogP contribution in [0.2, 0.25) is 0 Å². The van der Waals surface area contributed by atoms with Gasteiger partial charge in [0, 0.05) is 12.1 Å². The lowest BCUT2D eigenvalue weighted by atomic mass is 10.1. The largest absolute Gasteiger partial charge is 0.493 e. The van der Waals surface area contributed by atoms with E-state index in [4.69, 9.17) is 10.00 Å². The number of benzene rings is 2. The van der Waals surface area contributed by atoms with Crippen molar-refractivity contribution in [2.45, 2.75) is 19.3 Å². The Morgan fingerprint density at radius 2 is 1.95 bits per heavy atom. The molecule has 0 saturated heterocycles. The van der Waals surface area contributed by atoms with Gasteiger partial charge >= 0.3 is 0 Å². The summed E-state index contributed by atoms with van der Waals surface area (Å²) in [5.74, 6) is 0.879. The van der Waals surface area contributed by atoms with Gasteiger partial charge in [-0.25, -0.2) is 0 Å². The third-order valence-electron chi connectivity index (χ3n) is 3.64. The summed E-state index contributed by atoms with van der Waals surface area (Å²) >= 11 is 0. The Morgan fingerprint density at radius 1 is 1.18 bits per heavy atom. The lowest BCUT2D eigenvalue weighted by Gasteiger charge is -2.07. The zero-order chi connectivity index (χ0) is 15.4. The minimum atomic E-state index is -0.0492. The molecule has 0 aliphatic carbocycles. The van der Waals surface area contributed by atoms with Gasteiger partial charge in [-0.05, 0) is 34.9 Å². The highest BCUT2D eigenvalue weighted by Crippen LogP contribution is 2.26. The maximum atomic E-state index is 12.1. The van der Waals surface area contributed by atoms with Crippen LogP contribution in [0.4, 0.5) is 5.69 Å². The Labute approximate surface area is 129 Å². The van der Waals surface area contributed by atoms with E-state index in [0.717, 1.165) is 35.6 Å². The molecule has 4 heteroatoms. The van der Waals surface area contributed by atoms with E-state index in [1.54, 1.807) is 0 Å². The van der Waals surface area contributed by atoms with E-state index < -0.39 is 0 Å². The molecule has 1 aliphatic rings. The first kappa shape index (κ1) is 14.2. The topological polar surface area (TPSA) is 62.1 Å². The van der Waals surface area contributed by atoms with Gasteiger partial charge in [0.05, 0.1) is 25.5 Å². The second-order valence-electron chi connectivity index (χ2n) is 5.30. The van der Waals surface area contributed by atoms with Crippen LogP contribution in [-0.2, 0) is 24.1 Å². The molecule has 4 nitrogen and oxygen atoms in total. The summed E-state index contributed by atoms with van der Waals surface area (Å²) < 4.78 is 5.46. The number of hydrogen-bond donors (Lipinski definition) is 1. The van der Waals surface area contributed by atoms with Crippen LogP contribution in [0.3, 0.4) is 0 Å². The number of carbonyl (C=O) groups is 1. The van der Waals surface area contributed by atoms with Gasteiger partial charge in [-0.15, -0.1) is 0 Å². The maximum absolute atomic E-state index is 12.1. The van der Waals surface area contributed by atoms with Crippen molar-refractivity contribution >= 4 is 11.6 Å². The average Bonchev–Trinajstić information content (AvgIpc) is 2.97. The fraction of sp³-hybridized carbons (Fsp3) is 0.222. The smallest absolute Gasteiger partial charge is 0.228 e. The fourth-order valence-corrected chi connectivity index (χ4v) is 2.54. The maximum Gasteiger partial charge on any atom is 0.228 e. The molecule has 2 aromatic carbocycles. The van der Waals surface area contributed by atoms with Gasteiger partial charge in [0.1, 0.15) is 5.75 Å². The van der Waals surface area contributed by atoms with Crippen LogP contribution in [0.15, 0.2) is 42.5 Å². The summed E-state index contributed by atoms with van der Waals surface area (Å²) in [6.45, 7) is 0.722. The van der Waals surface area contributed by atoms with Crippen LogP contribution >= 0.6 is 0 Å². The van der Waals surface area contributed by atoms with E-state index in [1.165, 1.54) is 5.56 Å². The average molecular weight is 292 g/mol. The second kappa shape index (κ2) is 6.31. The molecule has 0 spiro atoms. The highest BCUT2D eigenvalue weighted by Gasteiger charge is 2.13. The monoisotopic (exact) mass is 292 g/mol. The van der Waals surface area contributed by atoms with E-state index in [1.807, 2.05) is 42.5 Å². The van der Waals surface area contributed by atoms with Gasteiger partial charge in [0.2, 0.25) is 5.91 Å². The molecule has 1 N–H and O–H groups in total. The zero-order valence-corrected chi connectivity index (χ0v) is 12.1. The number of nitrogens with zero attached hydrogens (tertiary/aromatic N) is 1. The first-order valence-electron chi connectivity index (χ1n) is 7.25. The van der Waals surface area contributed by atoms with E-state index >= 15 is 0 Å². The third kappa shape index (κ3) is 3.26. The van der Waals surface area contributed by atoms with Gasteiger partial charge in [-0.3, -0.25) is 4.79 Å². The van der Waals surface area contributed by atoms with Crippen LogP contribution in [0.5, 0.6) is 5.75 Å². The molecule has 110 valence electrons. The van der Waals surface area contributed by atoms with Crippen LogP contribution in [0.1, 0.15) is 16.7 Å². The third-order valence-corrected chi connectivity index (χ3v) is 3.64. The van der Waals surface area contributed by atoms with Crippen molar-refractivity contribution < 1.29 is 9.53 Å². The highest BCUT2D eigenvalue weighted by atomic mass is 16.5. The summed E-state index contributed by atoms with van der Waals surface area (Å²) in [6, 6.07) is 15.3. The number of hydrogen-bond acceptors (Lipinski definition) is 3. The standard InChI is InChI=1S/C18H16N2O2/c19-9-7-13-1-4-16(5-2-13)20-18(21)12-14-3-6-17-15(11-14)8-10-22-17/h1-6,11H,7-8,10,12H2,(H,20,21). The number of ether oxygens (including phenoxy) is 1. The predicted molar refractivity (Wildman–Crippen MR) is 83.7 cm³/mol. The quantitative estimate of drug-likeness (QED) is 0.942. The van der Waals surface area contributed by atoms with Gasteiger partial charge in [0.15, 0.2) is 0 Å². The molecule has 3 rings (SSSR count). The Bertz CT molecular complexity index is 730. The number of rotatable bonds is 4. The molecular weight excluding hydrogens is 276 g/mol. The van der Waals surface area contributed by atoms with E-state index in [9.17, 15) is 4.79 Å². The number of carbonyl (C=O) groups excluding carboxylic acids is 1. The van der Waals surface area contributed by atoms with Crippen molar-refractivity contribution in [2.75, 3.05) is 11.9 Å². The van der Waals surface area contributed by atoms with Crippen molar-refractivity contribution in [2.24, 2.45) is 0 Å². The molecular formula is C18H16N2O2. The van der Waals surface area contributed by atoms with E-state index in [-0.39, 0.29) is 5.91 Å². The van der Waals surface area contributed by atoms with Crippen LogP contribution < -0.4 is 10.1 Å². The molecule has 1 amide bonds. The summed E-state index contributed by atoms with van der Waals surface area (Å²) in [5, 5.41) is 11.5. The fourth-order valence-electron chi connectivity index (χ4n) is 2.54. The minimum Gasteiger partial charge on any atom is -0.493 e. The molecule has 1 aliphatic heterocycles. The Morgan fingerprint density at radius 3 is 2.73 bits per heavy atom. The van der Waals surface area contributed by atoms with Gasteiger partial charge in [0.25, 0.3) is 0 Å². The molecule has 22 heavy (non-hydrogen) atoms. The first-order valence-corrected chi connectivity index (χ1v) is 7.25. The van der Waals surface area contributed by atoms with Crippen LogP contribution in [-0.4, -0.2) is 12.5 Å². The molecule has 2 aromatic rings. The van der Waals surface area contributed by atoms with Crippen molar-refractivity contribution in [3.05, 3.63) is 59.2 Å². The van der Waals surface area contributed by atoms with Crippen LogP contribution in [0.25, 0.3) is 0 Å². The Balaban J connectivity index is 1.61. The second-order valence-corrected chi connectivity index (χ2v) is 5.30. The number of anilines is 1. The highest BCUT2D eigenvalue weighted by molar-refractivity contribution is 5.92. The number of fused-ring (bicyclic) bond motifs is 1. The summed E-state index contributed by atoms with van der Waals surface area (Å²) in [6.07, 6.45) is 1.63. The zero-order valence-electron chi connectivity index (χ0n) is 12.1. The summed E-state index contributed by atoms with van der Waals surface area (Å²) in [4.78, 5) is 12.1. The molecule has 0 bridgehead atoms. The van der Waals surface area contributed by atoms with E-state index in [0.29, 0.717) is 12.8 Å². The van der Waals surface area contributed by atoms with E-state index in [2.05, 4.69) is 11.4 Å². The molecule has 0 aromatic heterocycles. The number of amides is 1. The molecule has 1 heterocycles. The Kier molecular flexibility index (Phi) is 4.06. The van der Waals surface area contributed by atoms with Crippen molar-refractivity contribution in [1.82, 2.24) is 0 Å². The SMILES string of the molecule is N#CCc1ccc(NC(=O)Cc2ccc3c(c2)CCO3)cc1. The normalized spacial score (nSPS) is 12.1. The van der Waals surface area contributed by atoms with Crippen LogP contribution in [0, 0.1) is 11.3 Å². The van der Waals surface area contributed by atoms with Crippen molar-refractivity contribution in [1.29, 1.82) is 5.26 Å². The molecule has 0 radical (unpaired) electrons. The molecule has 0 saturated carbocycles. The van der Waals surface area contributed by atoms with Gasteiger partial charge in [-0.1, -0.05) is 24.3 Å². The Hall–Kier alpha value is -2.80. The van der Waals surface area contributed by atoms with Crippen molar-refractivity contribution in [3.63, 3.8) is 0 Å². The molecule has 0 unspecified atom stereocenters. The number of nitrogens with one attached hydrogen (secondary N) is 1. The lowest BCUT2D eigenvalue weighted by Crippen LogP contribution is -2.14. The lowest BCUT2D eigenvalue weighted by molar-refractivity contribution is -0.115.